The summed E-state index contributed by atoms with van der Waals surface area (Å²) >= 11 is 0. The molecule has 1 unspecified atom stereocenters. The number of halogens is 1. The van der Waals surface area contributed by atoms with Gasteiger partial charge in [-0.05, 0) is 6.54 Å². The van der Waals surface area contributed by atoms with E-state index in [9.17, 15) is 9.18 Å². The van der Waals surface area contributed by atoms with E-state index in [-0.39, 0.29) is 5.92 Å². The standard InChI is InChI=1S/C7H12FNO/c1-2-9-3-6(4-9)7(8)5-10/h5-7H,2-4H2,1H3. The van der Waals surface area contributed by atoms with Gasteiger partial charge in [0.25, 0.3) is 0 Å². The van der Waals surface area contributed by atoms with Gasteiger partial charge in [-0.3, -0.25) is 0 Å². The second-order valence-electron chi connectivity index (χ2n) is 2.69. The minimum Gasteiger partial charge on any atom is -0.303 e. The Morgan fingerprint density at radius 3 is 2.80 bits per heavy atom. The van der Waals surface area contributed by atoms with Gasteiger partial charge in [-0.25, -0.2) is 4.39 Å². The third kappa shape index (κ3) is 1.34. The van der Waals surface area contributed by atoms with Crippen LogP contribution in [0.1, 0.15) is 6.92 Å². The predicted octanol–water partition coefficient (Wildman–Crippen LogP) is 0.475. The molecule has 0 bridgehead atoms. The Morgan fingerprint density at radius 1 is 1.80 bits per heavy atom. The van der Waals surface area contributed by atoms with Crippen LogP contribution in [0, 0.1) is 5.92 Å². The molecule has 1 saturated heterocycles. The monoisotopic (exact) mass is 145 g/mol. The van der Waals surface area contributed by atoms with Crippen LogP contribution in [0.2, 0.25) is 0 Å². The van der Waals surface area contributed by atoms with Gasteiger partial charge in [0.05, 0.1) is 0 Å². The summed E-state index contributed by atoms with van der Waals surface area (Å²) in [6, 6.07) is 0. The van der Waals surface area contributed by atoms with Gasteiger partial charge in [0.2, 0.25) is 0 Å². The number of nitrogens with zero attached hydrogens (tertiary/aromatic N) is 1. The highest BCUT2D eigenvalue weighted by Crippen LogP contribution is 2.19. The van der Waals surface area contributed by atoms with Crippen molar-refractivity contribution in [2.75, 3.05) is 19.6 Å². The summed E-state index contributed by atoms with van der Waals surface area (Å²) in [5, 5.41) is 0. The first-order chi connectivity index (χ1) is 4.77. The van der Waals surface area contributed by atoms with Crippen molar-refractivity contribution >= 4 is 6.29 Å². The lowest BCUT2D eigenvalue weighted by molar-refractivity contribution is -0.116. The molecule has 2 nitrogen and oxygen atoms in total. The Labute approximate surface area is 60.0 Å². The van der Waals surface area contributed by atoms with Crippen LogP contribution in [0.15, 0.2) is 0 Å². The Hall–Kier alpha value is -0.440. The first kappa shape index (κ1) is 7.66. The van der Waals surface area contributed by atoms with E-state index < -0.39 is 6.17 Å². The van der Waals surface area contributed by atoms with Crippen molar-refractivity contribution in [2.24, 2.45) is 5.92 Å². The van der Waals surface area contributed by atoms with E-state index in [1.807, 2.05) is 6.92 Å². The fourth-order valence-electron chi connectivity index (χ4n) is 1.18. The highest BCUT2D eigenvalue weighted by atomic mass is 19.1. The summed E-state index contributed by atoms with van der Waals surface area (Å²) in [4.78, 5) is 12.1. The molecule has 0 radical (unpaired) electrons. The average Bonchev–Trinajstić information content (AvgIpc) is 1.85. The molecular formula is C7H12FNO. The summed E-state index contributed by atoms with van der Waals surface area (Å²) in [5.41, 5.74) is 0. The maximum atomic E-state index is 12.5. The van der Waals surface area contributed by atoms with Gasteiger partial charge in [0.15, 0.2) is 12.5 Å². The molecule has 0 amide bonds. The molecule has 0 aliphatic carbocycles. The highest BCUT2D eigenvalue weighted by Gasteiger charge is 2.31. The number of alkyl halides is 1. The van der Waals surface area contributed by atoms with Gasteiger partial charge in [-0.15, -0.1) is 0 Å². The van der Waals surface area contributed by atoms with E-state index in [0.29, 0.717) is 6.29 Å². The molecule has 58 valence electrons. The zero-order valence-electron chi connectivity index (χ0n) is 6.09. The Bertz CT molecular complexity index is 123. The van der Waals surface area contributed by atoms with Crippen LogP contribution >= 0.6 is 0 Å². The van der Waals surface area contributed by atoms with Crippen molar-refractivity contribution < 1.29 is 9.18 Å². The molecular weight excluding hydrogens is 133 g/mol. The van der Waals surface area contributed by atoms with Crippen molar-refractivity contribution in [3.05, 3.63) is 0 Å². The third-order valence-corrected chi connectivity index (χ3v) is 2.01. The van der Waals surface area contributed by atoms with Crippen LogP contribution in [-0.4, -0.2) is 37.0 Å². The Balaban J connectivity index is 2.19. The summed E-state index contributed by atoms with van der Waals surface area (Å²) in [5.74, 6) is -0.0301. The SMILES string of the molecule is CCN1CC(C(F)C=O)C1. The minimum atomic E-state index is -1.23. The van der Waals surface area contributed by atoms with E-state index in [1.165, 1.54) is 0 Å². The summed E-state index contributed by atoms with van der Waals surface area (Å²) < 4.78 is 12.5. The fraction of sp³-hybridized carbons (Fsp3) is 0.857. The predicted molar refractivity (Wildman–Crippen MR) is 36.6 cm³/mol. The van der Waals surface area contributed by atoms with Gasteiger partial charge in [-0.2, -0.15) is 0 Å². The van der Waals surface area contributed by atoms with Crippen molar-refractivity contribution in [1.29, 1.82) is 0 Å². The first-order valence-electron chi connectivity index (χ1n) is 3.59. The molecule has 1 heterocycles. The molecule has 0 saturated carbocycles. The number of aldehydes is 1. The molecule has 0 N–H and O–H groups in total. The fourth-order valence-corrected chi connectivity index (χ4v) is 1.18. The van der Waals surface area contributed by atoms with Crippen LogP contribution in [0.25, 0.3) is 0 Å². The minimum absolute atomic E-state index is 0.0301. The second-order valence-corrected chi connectivity index (χ2v) is 2.69. The number of carbonyl (C=O) groups is 1. The first-order valence-corrected chi connectivity index (χ1v) is 3.59. The molecule has 1 atom stereocenters. The summed E-state index contributed by atoms with van der Waals surface area (Å²) in [7, 11) is 0. The van der Waals surface area contributed by atoms with E-state index in [1.54, 1.807) is 0 Å². The highest BCUT2D eigenvalue weighted by molar-refractivity contribution is 5.56. The molecule has 1 aliphatic heterocycles. The number of hydrogen-bond acceptors (Lipinski definition) is 2. The maximum Gasteiger partial charge on any atom is 0.160 e. The van der Waals surface area contributed by atoms with E-state index in [2.05, 4.69) is 4.90 Å². The van der Waals surface area contributed by atoms with Gasteiger partial charge in [0.1, 0.15) is 0 Å². The zero-order chi connectivity index (χ0) is 7.56. The van der Waals surface area contributed by atoms with Crippen molar-refractivity contribution in [2.45, 2.75) is 13.1 Å². The van der Waals surface area contributed by atoms with Crippen molar-refractivity contribution in [3.63, 3.8) is 0 Å². The average molecular weight is 145 g/mol. The van der Waals surface area contributed by atoms with Crippen LogP contribution < -0.4 is 0 Å². The molecule has 0 aromatic heterocycles. The lowest BCUT2D eigenvalue weighted by Gasteiger charge is -2.38. The Kier molecular flexibility index (Phi) is 2.38. The largest absolute Gasteiger partial charge is 0.303 e. The maximum absolute atomic E-state index is 12.5. The quantitative estimate of drug-likeness (QED) is 0.538. The van der Waals surface area contributed by atoms with Gasteiger partial charge in [-0.1, -0.05) is 6.92 Å². The summed E-state index contributed by atoms with van der Waals surface area (Å²) in [6.07, 6.45) is -0.833. The number of rotatable bonds is 3. The molecule has 0 spiro atoms. The number of carbonyl (C=O) groups excluding carboxylic acids is 1. The molecule has 3 heteroatoms. The molecule has 1 aliphatic rings. The third-order valence-electron chi connectivity index (χ3n) is 2.01. The smallest absolute Gasteiger partial charge is 0.160 e. The second kappa shape index (κ2) is 3.10. The van der Waals surface area contributed by atoms with Crippen LogP contribution in [-0.2, 0) is 4.79 Å². The lowest BCUT2D eigenvalue weighted by Crippen LogP contribution is -2.50. The molecule has 1 rings (SSSR count). The molecule has 1 fully saturated rings. The number of hydrogen-bond donors (Lipinski definition) is 0. The molecule has 0 aromatic carbocycles. The van der Waals surface area contributed by atoms with Crippen LogP contribution in [0.4, 0.5) is 4.39 Å². The van der Waals surface area contributed by atoms with Crippen molar-refractivity contribution in [1.82, 2.24) is 4.90 Å². The van der Waals surface area contributed by atoms with Gasteiger partial charge >= 0.3 is 0 Å². The summed E-state index contributed by atoms with van der Waals surface area (Å²) in [6.45, 7) is 4.49. The van der Waals surface area contributed by atoms with Gasteiger partial charge in [0, 0.05) is 19.0 Å². The molecule has 10 heavy (non-hydrogen) atoms. The van der Waals surface area contributed by atoms with E-state index in [0.717, 1.165) is 19.6 Å². The molecule has 0 aromatic rings. The zero-order valence-corrected chi connectivity index (χ0v) is 6.09. The topological polar surface area (TPSA) is 20.3 Å². The van der Waals surface area contributed by atoms with Crippen LogP contribution in [0.5, 0.6) is 0 Å². The van der Waals surface area contributed by atoms with Gasteiger partial charge < -0.3 is 9.69 Å². The van der Waals surface area contributed by atoms with Crippen LogP contribution in [0.3, 0.4) is 0 Å². The lowest BCUT2D eigenvalue weighted by atomic mass is 9.96. The number of likely N-dealkylation sites (tertiary alicyclic amines) is 1. The normalized spacial score (nSPS) is 23.8. The van der Waals surface area contributed by atoms with Crippen molar-refractivity contribution in [3.8, 4) is 0 Å². The Morgan fingerprint density at radius 2 is 2.40 bits per heavy atom. The van der Waals surface area contributed by atoms with E-state index in [4.69, 9.17) is 0 Å². The van der Waals surface area contributed by atoms with E-state index >= 15 is 0 Å².